The van der Waals surface area contributed by atoms with Gasteiger partial charge in [0.05, 0.1) is 55.4 Å². The molecule has 4 aliphatic heterocycles. The number of esters is 1. The summed E-state index contributed by atoms with van der Waals surface area (Å²) in [5.41, 5.74) is 12.6. The zero-order chi connectivity index (χ0) is 40.1. The number of hydrogen-bond acceptors (Lipinski definition) is 12. The van der Waals surface area contributed by atoms with Gasteiger partial charge in [-0.15, -0.1) is 0 Å². The first-order chi connectivity index (χ1) is 26.8. The van der Waals surface area contributed by atoms with Gasteiger partial charge in [0.15, 0.2) is 0 Å². The maximum Gasteiger partial charge on any atom is 0.333 e. The van der Waals surface area contributed by atoms with Gasteiger partial charge in [-0.2, -0.15) is 0 Å². The van der Waals surface area contributed by atoms with Crippen molar-refractivity contribution in [3.05, 3.63) is 11.6 Å². The molecule has 4 saturated heterocycles. The molecule has 17 atom stereocenters. The van der Waals surface area contributed by atoms with E-state index in [-0.39, 0.29) is 55.0 Å². The number of carbonyl (C=O) groups is 2. The smallest absolute Gasteiger partial charge is 0.333 e. The first-order valence-electron chi connectivity index (χ1n) is 22.5. The molecule has 0 spiro atoms. The molecule has 0 aromatic heterocycles. The minimum Gasteiger partial charge on any atom is -0.456 e. The molecule has 56 heavy (non-hydrogen) atoms. The Kier molecular flexibility index (Phi) is 15.5. The summed E-state index contributed by atoms with van der Waals surface area (Å²) in [6.45, 7) is 9.27. The molecule has 2 saturated carbocycles. The predicted molar refractivity (Wildman–Crippen MR) is 215 cm³/mol. The van der Waals surface area contributed by atoms with Crippen molar-refractivity contribution in [1.82, 2.24) is 10.6 Å². The van der Waals surface area contributed by atoms with E-state index in [1.54, 1.807) is 13.0 Å². The fourth-order valence-electron chi connectivity index (χ4n) is 12.0. The molecule has 0 aromatic rings. The SMILES string of the molecule is CC=C(C)C(=O)OC1CC2C(O)C3C(=O)CC(CO)OC3C(C(CC3CCCC(O)C3)C3CCNC(N)C3)C2OC1(C)CC(CCCCC)C1CCC(N)NC1. The first kappa shape index (κ1) is 44.1. The molecule has 9 N–H and O–H groups in total. The van der Waals surface area contributed by atoms with Crippen molar-refractivity contribution in [2.24, 2.45) is 58.8 Å². The summed E-state index contributed by atoms with van der Waals surface area (Å²) in [6, 6.07) is 0. The van der Waals surface area contributed by atoms with Crippen molar-refractivity contribution in [2.45, 2.75) is 185 Å². The van der Waals surface area contributed by atoms with Gasteiger partial charge in [0, 0.05) is 23.8 Å². The number of Topliss-reactive ketones (excluding diaryl/α,β-unsaturated/α-hetero) is 1. The molecule has 320 valence electrons. The predicted octanol–water partition coefficient (Wildman–Crippen LogP) is 4.07. The number of aliphatic hydroxyl groups is 3. The van der Waals surface area contributed by atoms with E-state index >= 15 is 0 Å². The van der Waals surface area contributed by atoms with Crippen LogP contribution in [0.5, 0.6) is 0 Å². The Balaban J connectivity index is 1.43. The minimum atomic E-state index is -1.06. The largest absolute Gasteiger partial charge is 0.456 e. The van der Waals surface area contributed by atoms with Gasteiger partial charge in [0.25, 0.3) is 0 Å². The number of carbonyl (C=O) groups excluding carboxylic acids is 2. The lowest BCUT2D eigenvalue weighted by molar-refractivity contribution is -0.295. The van der Waals surface area contributed by atoms with Crippen LogP contribution < -0.4 is 22.1 Å². The Morgan fingerprint density at radius 3 is 2.52 bits per heavy atom. The van der Waals surface area contributed by atoms with Crippen molar-refractivity contribution >= 4 is 11.8 Å². The molecule has 0 aromatic carbocycles. The quantitative estimate of drug-likeness (QED) is 0.0758. The number of nitrogens with one attached hydrogen (secondary N) is 2. The van der Waals surface area contributed by atoms with Crippen LogP contribution in [-0.2, 0) is 23.8 Å². The maximum atomic E-state index is 14.1. The Hall–Kier alpha value is -1.48. The zero-order valence-electron chi connectivity index (χ0n) is 34.8. The summed E-state index contributed by atoms with van der Waals surface area (Å²) in [5.74, 6) is -0.777. The van der Waals surface area contributed by atoms with Crippen LogP contribution in [0.2, 0.25) is 0 Å². The minimum absolute atomic E-state index is 0.00831. The topological polar surface area (TPSA) is 199 Å². The number of fused-ring (bicyclic) bond motifs is 2. The third kappa shape index (κ3) is 10.1. The van der Waals surface area contributed by atoms with Crippen LogP contribution in [0.25, 0.3) is 0 Å². The molecule has 12 heteroatoms. The van der Waals surface area contributed by atoms with Gasteiger partial charge in [-0.3, -0.25) is 4.79 Å². The normalized spacial score (nSPS) is 43.3. The van der Waals surface area contributed by atoms with Crippen molar-refractivity contribution in [3.8, 4) is 0 Å². The molecule has 17 unspecified atom stereocenters. The summed E-state index contributed by atoms with van der Waals surface area (Å²) in [6.07, 6.45) is 11.3. The number of allylic oxidation sites excluding steroid dienone is 1. The number of hydrogen-bond donors (Lipinski definition) is 7. The van der Waals surface area contributed by atoms with Gasteiger partial charge in [-0.25, -0.2) is 4.79 Å². The van der Waals surface area contributed by atoms with Crippen LogP contribution in [0.3, 0.4) is 0 Å². The zero-order valence-corrected chi connectivity index (χ0v) is 34.8. The first-order valence-corrected chi connectivity index (χ1v) is 22.5. The fourth-order valence-corrected chi connectivity index (χ4v) is 12.0. The van der Waals surface area contributed by atoms with E-state index in [0.717, 1.165) is 96.6 Å². The monoisotopic (exact) mass is 789 g/mol. The van der Waals surface area contributed by atoms with Crippen LogP contribution >= 0.6 is 0 Å². The Morgan fingerprint density at radius 1 is 1.04 bits per heavy atom. The highest BCUT2D eigenvalue weighted by molar-refractivity contribution is 5.87. The van der Waals surface area contributed by atoms with Crippen molar-refractivity contribution in [1.29, 1.82) is 0 Å². The molecule has 0 amide bonds. The van der Waals surface area contributed by atoms with Gasteiger partial charge >= 0.3 is 5.97 Å². The summed E-state index contributed by atoms with van der Waals surface area (Å²) in [4.78, 5) is 27.8. The Morgan fingerprint density at radius 2 is 1.84 bits per heavy atom. The van der Waals surface area contributed by atoms with Gasteiger partial charge in [-0.1, -0.05) is 51.5 Å². The van der Waals surface area contributed by atoms with Crippen LogP contribution in [0.4, 0.5) is 0 Å². The summed E-state index contributed by atoms with van der Waals surface area (Å²) < 4.78 is 20.9. The summed E-state index contributed by atoms with van der Waals surface area (Å²) >= 11 is 0. The third-order valence-corrected chi connectivity index (χ3v) is 15.2. The van der Waals surface area contributed by atoms with Gasteiger partial charge in [-0.05, 0) is 121 Å². The van der Waals surface area contributed by atoms with Gasteiger partial charge in [0.2, 0.25) is 0 Å². The van der Waals surface area contributed by atoms with E-state index < -0.39 is 53.9 Å². The molecule has 4 heterocycles. The molecule has 6 aliphatic rings. The highest BCUT2D eigenvalue weighted by atomic mass is 16.6. The molecular weight excluding hydrogens is 713 g/mol. The Labute approximate surface area is 336 Å². The lowest BCUT2D eigenvalue weighted by atomic mass is 9.56. The van der Waals surface area contributed by atoms with Crippen molar-refractivity contribution < 1.29 is 39.1 Å². The number of aliphatic hydroxyl groups excluding tert-OH is 3. The van der Waals surface area contributed by atoms with E-state index in [2.05, 4.69) is 24.5 Å². The van der Waals surface area contributed by atoms with E-state index in [0.29, 0.717) is 36.2 Å². The fraction of sp³-hybridized carbons (Fsp3) is 0.909. The molecule has 0 radical (unpaired) electrons. The maximum absolute atomic E-state index is 14.1. The standard InChI is InChI=1S/C44H76N4O8/c1-5-7-8-11-28(29-13-14-36(45)48-23-29)22-44(4)35(55-43(53)25(3)6-2)21-33-40(52)39-34(51)20-31(24-49)54-42(39)38(41(33)56-44)32(27-15-16-47-37(46)19-27)18-26-10-9-12-30(50)17-26/h6,26-33,35-42,47-50,52H,5,7-24,45-46H2,1-4H3. The second-order valence-electron chi connectivity index (χ2n) is 19.1. The second kappa shape index (κ2) is 19.7. The van der Waals surface area contributed by atoms with E-state index in [4.69, 9.17) is 25.7 Å². The number of rotatable bonds is 14. The van der Waals surface area contributed by atoms with Crippen LogP contribution in [-0.4, -0.2) is 101 Å². The van der Waals surface area contributed by atoms with Crippen molar-refractivity contribution in [2.75, 3.05) is 19.7 Å². The molecule has 6 fully saturated rings. The van der Waals surface area contributed by atoms with Crippen molar-refractivity contribution in [3.63, 3.8) is 0 Å². The average Bonchev–Trinajstić information content (AvgIpc) is 3.17. The van der Waals surface area contributed by atoms with Crippen LogP contribution in [0.15, 0.2) is 11.6 Å². The summed E-state index contributed by atoms with van der Waals surface area (Å²) in [5, 5.41) is 40.6. The molecule has 6 rings (SSSR count). The molecule has 2 aliphatic carbocycles. The van der Waals surface area contributed by atoms with E-state index in [1.165, 1.54) is 0 Å². The second-order valence-corrected chi connectivity index (χ2v) is 19.1. The highest BCUT2D eigenvalue weighted by Gasteiger charge is 2.63. The number of nitrogens with two attached hydrogens (primary N) is 2. The Bertz CT molecular complexity index is 1330. The third-order valence-electron chi connectivity index (χ3n) is 15.2. The lowest BCUT2D eigenvalue weighted by Crippen LogP contribution is -2.69. The molecule has 12 nitrogen and oxygen atoms in total. The lowest BCUT2D eigenvalue weighted by Gasteiger charge is -2.60. The van der Waals surface area contributed by atoms with Crippen LogP contribution in [0.1, 0.15) is 130 Å². The molecule has 0 bridgehead atoms. The average molecular weight is 789 g/mol. The van der Waals surface area contributed by atoms with Gasteiger partial charge in [0.1, 0.15) is 17.5 Å². The number of piperidine rings is 2. The number of unbranched alkanes of at least 4 members (excludes halogenated alkanes) is 2. The number of ketones is 1. The summed E-state index contributed by atoms with van der Waals surface area (Å²) in [7, 11) is 0. The highest BCUT2D eigenvalue weighted by Crippen LogP contribution is 2.55. The van der Waals surface area contributed by atoms with E-state index in [1.807, 2.05) is 6.92 Å². The van der Waals surface area contributed by atoms with Crippen LogP contribution in [0, 0.1) is 47.3 Å². The van der Waals surface area contributed by atoms with Gasteiger partial charge < -0.3 is 51.6 Å². The molecular formula is C44H76N4O8. The van der Waals surface area contributed by atoms with E-state index in [9.17, 15) is 24.9 Å². The number of ether oxygens (including phenoxy) is 3.